The molecule has 162 valence electrons. The van der Waals surface area contributed by atoms with E-state index < -0.39 is 0 Å². The molecule has 0 bridgehead atoms. The van der Waals surface area contributed by atoms with E-state index in [1.807, 2.05) is 12.1 Å². The number of rotatable bonds is 7. The maximum Gasteiger partial charge on any atom is 0.228 e. The van der Waals surface area contributed by atoms with Gasteiger partial charge >= 0.3 is 0 Å². The van der Waals surface area contributed by atoms with Gasteiger partial charge in [-0.2, -0.15) is 0 Å². The quantitative estimate of drug-likeness (QED) is 0.745. The second-order valence-electron chi connectivity index (χ2n) is 7.33. The van der Waals surface area contributed by atoms with Crippen molar-refractivity contribution in [1.82, 2.24) is 4.98 Å². The van der Waals surface area contributed by atoms with E-state index in [-0.39, 0.29) is 24.5 Å². The molecule has 3 rings (SSSR count). The second-order valence-corrected chi connectivity index (χ2v) is 7.33. The van der Waals surface area contributed by atoms with E-state index in [1.54, 1.807) is 39.7 Å². The van der Waals surface area contributed by atoms with Gasteiger partial charge in [0.15, 0.2) is 11.5 Å². The number of pyridine rings is 1. The van der Waals surface area contributed by atoms with Crippen LogP contribution in [0.3, 0.4) is 0 Å². The van der Waals surface area contributed by atoms with Crippen LogP contribution in [0.15, 0.2) is 30.5 Å². The van der Waals surface area contributed by atoms with Crippen molar-refractivity contribution >= 4 is 17.4 Å². The van der Waals surface area contributed by atoms with Gasteiger partial charge in [-0.25, -0.2) is 4.98 Å². The summed E-state index contributed by atoms with van der Waals surface area (Å²) in [5, 5.41) is 2.88. The van der Waals surface area contributed by atoms with E-state index in [2.05, 4.69) is 29.0 Å². The number of hydrogen-bond donors (Lipinski definition) is 1. The summed E-state index contributed by atoms with van der Waals surface area (Å²) < 4.78 is 21.8. The molecule has 1 aliphatic rings. The minimum absolute atomic E-state index is 0.160. The Hall–Kier alpha value is -3.00. The molecule has 0 spiro atoms. The highest BCUT2D eigenvalue weighted by molar-refractivity contribution is 5.92. The van der Waals surface area contributed by atoms with Gasteiger partial charge in [0.05, 0.1) is 51.8 Å². The molecular weight excluding hydrogens is 386 g/mol. The van der Waals surface area contributed by atoms with Crippen LogP contribution in [0.5, 0.6) is 17.2 Å². The fourth-order valence-electron chi connectivity index (χ4n) is 3.64. The van der Waals surface area contributed by atoms with Gasteiger partial charge in [0.25, 0.3) is 0 Å². The van der Waals surface area contributed by atoms with Gasteiger partial charge in [0.2, 0.25) is 11.7 Å². The maximum atomic E-state index is 12.5. The highest BCUT2D eigenvalue weighted by Crippen LogP contribution is 2.38. The molecule has 1 N–H and O–H groups in total. The Labute approximate surface area is 177 Å². The number of anilines is 2. The molecule has 8 nitrogen and oxygen atoms in total. The van der Waals surface area contributed by atoms with E-state index in [0.29, 0.717) is 22.9 Å². The third-order valence-electron chi connectivity index (χ3n) is 4.86. The summed E-state index contributed by atoms with van der Waals surface area (Å²) in [6, 6.07) is 7.31. The van der Waals surface area contributed by atoms with Crippen LogP contribution in [0.25, 0.3) is 0 Å². The lowest BCUT2D eigenvalue weighted by Gasteiger charge is -2.36. The number of aromatic nitrogens is 1. The zero-order valence-corrected chi connectivity index (χ0v) is 18.1. The number of ether oxygens (including phenoxy) is 4. The Morgan fingerprint density at radius 1 is 1.10 bits per heavy atom. The summed E-state index contributed by atoms with van der Waals surface area (Å²) in [7, 11) is 4.64. The van der Waals surface area contributed by atoms with Gasteiger partial charge in [-0.1, -0.05) is 0 Å². The molecule has 0 radical (unpaired) electrons. The summed E-state index contributed by atoms with van der Waals surface area (Å²) in [6.45, 7) is 5.70. The average molecular weight is 415 g/mol. The molecule has 1 aromatic heterocycles. The average Bonchev–Trinajstić information content (AvgIpc) is 2.72. The summed E-state index contributed by atoms with van der Waals surface area (Å²) in [5.41, 5.74) is 1.40. The number of morpholine rings is 1. The summed E-state index contributed by atoms with van der Waals surface area (Å²) >= 11 is 0. The predicted molar refractivity (Wildman–Crippen MR) is 115 cm³/mol. The Morgan fingerprint density at radius 2 is 1.73 bits per heavy atom. The van der Waals surface area contributed by atoms with Gasteiger partial charge in [0.1, 0.15) is 5.82 Å². The van der Waals surface area contributed by atoms with Crippen molar-refractivity contribution in [2.45, 2.75) is 32.5 Å². The van der Waals surface area contributed by atoms with E-state index in [1.165, 1.54) is 0 Å². The number of nitrogens with zero attached hydrogens (tertiary/aromatic N) is 2. The van der Waals surface area contributed by atoms with Crippen LogP contribution in [0.2, 0.25) is 0 Å². The fraction of sp³-hybridized carbons (Fsp3) is 0.455. The monoisotopic (exact) mass is 415 g/mol. The number of hydrogen-bond acceptors (Lipinski definition) is 7. The Balaban J connectivity index is 1.65. The zero-order valence-electron chi connectivity index (χ0n) is 18.1. The van der Waals surface area contributed by atoms with Gasteiger partial charge in [-0.15, -0.1) is 0 Å². The minimum atomic E-state index is -0.160. The standard InChI is InChI=1S/C22H29N3O5/c1-14-12-25(13-15(2)30-14)20-7-6-17(11-23-20)24-21(26)10-16-8-18(27-3)22(29-5)19(9-16)28-4/h6-9,11,14-15H,10,12-13H2,1-5H3,(H,24,26). The molecule has 0 saturated carbocycles. The third-order valence-corrected chi connectivity index (χ3v) is 4.86. The first kappa shape index (κ1) is 21.7. The molecular formula is C22H29N3O5. The highest BCUT2D eigenvalue weighted by Gasteiger charge is 2.23. The van der Waals surface area contributed by atoms with Gasteiger partial charge in [0, 0.05) is 13.1 Å². The lowest BCUT2D eigenvalue weighted by Crippen LogP contribution is -2.45. The number of carbonyl (C=O) groups is 1. The summed E-state index contributed by atoms with van der Waals surface area (Å²) in [5.74, 6) is 2.24. The molecule has 2 unspecified atom stereocenters. The van der Waals surface area contributed by atoms with Crippen LogP contribution in [-0.4, -0.2) is 57.5 Å². The topological polar surface area (TPSA) is 82.2 Å². The molecule has 8 heteroatoms. The van der Waals surface area contributed by atoms with Crippen molar-refractivity contribution < 1.29 is 23.7 Å². The largest absolute Gasteiger partial charge is 0.493 e. The highest BCUT2D eigenvalue weighted by atomic mass is 16.5. The number of amides is 1. The Morgan fingerprint density at radius 3 is 2.23 bits per heavy atom. The Bertz CT molecular complexity index is 837. The first-order chi connectivity index (χ1) is 14.4. The van der Waals surface area contributed by atoms with Gasteiger partial charge < -0.3 is 29.2 Å². The molecule has 2 heterocycles. The minimum Gasteiger partial charge on any atom is -0.493 e. The first-order valence-electron chi connectivity index (χ1n) is 9.88. The van der Waals surface area contributed by atoms with Crippen LogP contribution in [0.1, 0.15) is 19.4 Å². The molecule has 1 fully saturated rings. The summed E-state index contributed by atoms with van der Waals surface area (Å²) in [6.07, 6.45) is 2.16. The van der Waals surface area contributed by atoms with Crippen molar-refractivity contribution in [3.8, 4) is 17.2 Å². The third kappa shape index (κ3) is 5.13. The van der Waals surface area contributed by atoms with Crippen LogP contribution in [0, 0.1) is 0 Å². The lowest BCUT2D eigenvalue weighted by atomic mass is 10.1. The second kappa shape index (κ2) is 9.67. The molecule has 2 aromatic rings. The molecule has 1 saturated heterocycles. The van der Waals surface area contributed by atoms with Crippen molar-refractivity contribution in [3.05, 3.63) is 36.0 Å². The fourth-order valence-corrected chi connectivity index (χ4v) is 3.64. The number of methoxy groups -OCH3 is 3. The molecule has 1 amide bonds. The normalized spacial score (nSPS) is 18.6. The number of carbonyl (C=O) groups excluding carboxylic acids is 1. The lowest BCUT2D eigenvalue weighted by molar-refractivity contribution is -0.115. The zero-order chi connectivity index (χ0) is 21.7. The van der Waals surface area contributed by atoms with Crippen molar-refractivity contribution in [3.63, 3.8) is 0 Å². The van der Waals surface area contributed by atoms with Gasteiger partial charge in [-0.3, -0.25) is 4.79 Å². The van der Waals surface area contributed by atoms with Crippen LogP contribution >= 0.6 is 0 Å². The Kier molecular flexibility index (Phi) is 6.99. The molecule has 30 heavy (non-hydrogen) atoms. The number of nitrogens with one attached hydrogen (secondary N) is 1. The molecule has 1 aromatic carbocycles. The van der Waals surface area contributed by atoms with E-state index in [4.69, 9.17) is 18.9 Å². The number of benzene rings is 1. The van der Waals surface area contributed by atoms with Crippen LogP contribution in [-0.2, 0) is 16.0 Å². The smallest absolute Gasteiger partial charge is 0.228 e. The summed E-state index contributed by atoms with van der Waals surface area (Å²) in [4.78, 5) is 19.2. The van der Waals surface area contributed by atoms with Crippen molar-refractivity contribution in [2.24, 2.45) is 0 Å². The molecule has 1 aliphatic heterocycles. The first-order valence-corrected chi connectivity index (χ1v) is 9.88. The SMILES string of the molecule is COc1cc(CC(=O)Nc2ccc(N3CC(C)OC(C)C3)nc2)cc(OC)c1OC. The van der Waals surface area contributed by atoms with Gasteiger partial charge in [-0.05, 0) is 43.7 Å². The van der Waals surface area contributed by atoms with Crippen LogP contribution < -0.4 is 24.4 Å². The van der Waals surface area contributed by atoms with E-state index >= 15 is 0 Å². The van der Waals surface area contributed by atoms with Crippen molar-refractivity contribution in [2.75, 3.05) is 44.6 Å². The van der Waals surface area contributed by atoms with Crippen molar-refractivity contribution in [1.29, 1.82) is 0 Å². The van der Waals surface area contributed by atoms with E-state index in [0.717, 1.165) is 24.5 Å². The van der Waals surface area contributed by atoms with E-state index in [9.17, 15) is 4.79 Å². The predicted octanol–water partition coefficient (Wildman–Crippen LogP) is 2.90. The molecule has 0 aliphatic carbocycles. The van der Waals surface area contributed by atoms with Crippen LogP contribution in [0.4, 0.5) is 11.5 Å². The molecule has 2 atom stereocenters. The maximum absolute atomic E-state index is 12.5.